The number of rotatable bonds is 4. The normalized spacial score (nSPS) is 11.0. The van der Waals surface area contributed by atoms with Gasteiger partial charge in [-0.2, -0.15) is 0 Å². The van der Waals surface area contributed by atoms with E-state index in [-0.39, 0.29) is 5.57 Å². The Morgan fingerprint density at radius 2 is 2.05 bits per heavy atom. The molecule has 1 aromatic carbocycles. The number of para-hydroxylation sites is 1. The van der Waals surface area contributed by atoms with Crippen LogP contribution in [0.25, 0.3) is 5.57 Å². The van der Waals surface area contributed by atoms with Gasteiger partial charge in [-0.25, -0.2) is 9.78 Å². The van der Waals surface area contributed by atoms with Crippen LogP contribution in [-0.2, 0) is 9.53 Å². The Bertz CT molecular complexity index is 668. The number of aromatic nitrogens is 1. The number of benzene rings is 1. The molecule has 0 fully saturated rings. The van der Waals surface area contributed by atoms with Crippen molar-refractivity contribution in [1.82, 2.24) is 4.98 Å². The summed E-state index contributed by atoms with van der Waals surface area (Å²) in [4.78, 5) is 15.7. The highest BCUT2D eigenvalue weighted by molar-refractivity contribution is 6.30. The van der Waals surface area contributed by atoms with E-state index in [1.165, 1.54) is 13.3 Å². The summed E-state index contributed by atoms with van der Waals surface area (Å²) in [7, 11) is 1.23. The topological polar surface area (TPSA) is 68.7 Å². The predicted molar refractivity (Wildman–Crippen MR) is 78.4 cm³/mol. The first-order chi connectivity index (χ1) is 10.2. The molecule has 0 aliphatic heterocycles. The molecule has 0 bridgehead atoms. The van der Waals surface area contributed by atoms with Gasteiger partial charge in [0.1, 0.15) is 11.3 Å². The first-order valence-corrected chi connectivity index (χ1v) is 6.35. The summed E-state index contributed by atoms with van der Waals surface area (Å²) >= 11 is 5.76. The van der Waals surface area contributed by atoms with Crippen molar-refractivity contribution in [1.29, 1.82) is 0 Å². The molecule has 0 atom stereocenters. The lowest BCUT2D eigenvalue weighted by atomic mass is 10.1. The van der Waals surface area contributed by atoms with Crippen molar-refractivity contribution in [2.45, 2.75) is 0 Å². The summed E-state index contributed by atoms with van der Waals surface area (Å²) in [5.41, 5.74) is 0.380. The van der Waals surface area contributed by atoms with Crippen molar-refractivity contribution in [2.75, 3.05) is 7.11 Å². The summed E-state index contributed by atoms with van der Waals surface area (Å²) in [6.07, 6.45) is 2.13. The first-order valence-electron chi connectivity index (χ1n) is 5.97. The van der Waals surface area contributed by atoms with E-state index in [1.54, 1.807) is 36.4 Å². The minimum absolute atomic E-state index is 0.0120. The number of carbonyl (C=O) groups excluding carboxylic acids is 1. The predicted octanol–water partition coefficient (Wildman–Crippen LogP) is 3.60. The maximum Gasteiger partial charge on any atom is 0.341 e. The molecule has 0 aliphatic carbocycles. The third-order valence-electron chi connectivity index (χ3n) is 2.63. The molecule has 1 N–H and O–H groups in total. The lowest BCUT2D eigenvalue weighted by Crippen LogP contribution is -2.05. The third-order valence-corrected chi connectivity index (χ3v) is 2.85. The van der Waals surface area contributed by atoms with Crippen LogP contribution in [-0.4, -0.2) is 23.2 Å². The van der Waals surface area contributed by atoms with Gasteiger partial charge in [0.05, 0.1) is 18.4 Å². The average molecular weight is 306 g/mol. The van der Waals surface area contributed by atoms with Gasteiger partial charge >= 0.3 is 5.97 Å². The molecule has 0 radical (unpaired) electrons. The van der Waals surface area contributed by atoms with Crippen LogP contribution >= 0.6 is 11.6 Å². The molecular formula is C15H12ClNO4. The zero-order chi connectivity index (χ0) is 15.2. The van der Waals surface area contributed by atoms with Crippen molar-refractivity contribution in [3.8, 4) is 11.6 Å². The van der Waals surface area contributed by atoms with Crippen LogP contribution in [0.3, 0.4) is 0 Å². The van der Waals surface area contributed by atoms with E-state index in [0.717, 1.165) is 0 Å². The van der Waals surface area contributed by atoms with Crippen molar-refractivity contribution in [3.05, 3.63) is 59.4 Å². The van der Waals surface area contributed by atoms with Crippen LogP contribution in [0.4, 0.5) is 0 Å². The fourth-order valence-corrected chi connectivity index (χ4v) is 1.77. The lowest BCUT2D eigenvalue weighted by molar-refractivity contribution is -0.133. The average Bonchev–Trinajstić information content (AvgIpc) is 2.51. The smallest absolute Gasteiger partial charge is 0.341 e. The fourth-order valence-electron chi connectivity index (χ4n) is 1.66. The molecule has 0 saturated heterocycles. The van der Waals surface area contributed by atoms with E-state index < -0.39 is 5.97 Å². The number of hydrogen-bond acceptors (Lipinski definition) is 5. The summed E-state index contributed by atoms with van der Waals surface area (Å²) < 4.78 is 10.2. The number of ether oxygens (including phenoxy) is 2. The second kappa shape index (κ2) is 6.76. The van der Waals surface area contributed by atoms with Gasteiger partial charge in [-0.1, -0.05) is 29.8 Å². The summed E-state index contributed by atoms with van der Waals surface area (Å²) in [6, 6.07) is 9.96. The van der Waals surface area contributed by atoms with Crippen LogP contribution in [0.1, 0.15) is 5.56 Å². The molecule has 0 amide bonds. The first kappa shape index (κ1) is 14.9. The number of pyridine rings is 1. The van der Waals surface area contributed by atoms with Crippen LogP contribution in [0.2, 0.25) is 5.02 Å². The van der Waals surface area contributed by atoms with Crippen molar-refractivity contribution >= 4 is 23.1 Å². The number of carbonyl (C=O) groups is 1. The Morgan fingerprint density at radius 1 is 1.29 bits per heavy atom. The standard InChI is InChI=1S/C15H12ClNO4/c1-20-15(19)12(9-18)11-4-2-3-5-13(11)21-14-7-6-10(16)8-17-14/h2-9,18H,1H3. The molecule has 5 nitrogen and oxygen atoms in total. The lowest BCUT2D eigenvalue weighted by Gasteiger charge is -2.11. The fraction of sp³-hybridized carbons (Fsp3) is 0.0667. The number of nitrogens with zero attached hydrogens (tertiary/aromatic N) is 1. The Morgan fingerprint density at radius 3 is 2.67 bits per heavy atom. The molecular weight excluding hydrogens is 294 g/mol. The Labute approximate surface area is 126 Å². The van der Waals surface area contributed by atoms with Crippen molar-refractivity contribution < 1.29 is 19.4 Å². The molecule has 0 spiro atoms. The summed E-state index contributed by atoms with van der Waals surface area (Å²) in [5, 5.41) is 9.74. The van der Waals surface area contributed by atoms with Gasteiger partial charge in [-0.15, -0.1) is 0 Å². The third kappa shape index (κ3) is 3.52. The zero-order valence-electron chi connectivity index (χ0n) is 11.1. The van der Waals surface area contributed by atoms with Crippen LogP contribution in [0.5, 0.6) is 11.6 Å². The number of esters is 1. The Kier molecular flexibility index (Phi) is 4.79. The SMILES string of the molecule is COC(=O)C(=CO)c1ccccc1Oc1ccc(Cl)cn1. The van der Waals surface area contributed by atoms with Crippen LogP contribution < -0.4 is 4.74 Å². The molecule has 1 heterocycles. The summed E-state index contributed by atoms with van der Waals surface area (Å²) in [6.45, 7) is 0. The van der Waals surface area contributed by atoms with Crippen LogP contribution in [0.15, 0.2) is 48.9 Å². The zero-order valence-corrected chi connectivity index (χ0v) is 11.9. The number of methoxy groups -OCH3 is 1. The van der Waals surface area contributed by atoms with Crippen LogP contribution in [0, 0.1) is 0 Å². The largest absolute Gasteiger partial charge is 0.515 e. The van der Waals surface area contributed by atoms with E-state index in [2.05, 4.69) is 9.72 Å². The highest BCUT2D eigenvalue weighted by Gasteiger charge is 2.17. The number of hydrogen-bond donors (Lipinski definition) is 1. The maximum atomic E-state index is 11.7. The van der Waals surface area contributed by atoms with E-state index in [9.17, 15) is 9.90 Å². The van der Waals surface area contributed by atoms with Gasteiger partial charge in [0.25, 0.3) is 0 Å². The molecule has 0 unspecified atom stereocenters. The molecule has 2 aromatic rings. The highest BCUT2D eigenvalue weighted by Crippen LogP contribution is 2.30. The Balaban J connectivity index is 2.37. The minimum atomic E-state index is -0.669. The maximum absolute atomic E-state index is 11.7. The molecule has 21 heavy (non-hydrogen) atoms. The van der Waals surface area contributed by atoms with E-state index in [1.807, 2.05) is 0 Å². The number of halogens is 1. The van der Waals surface area contributed by atoms with Gasteiger partial charge in [-0.05, 0) is 12.1 Å². The van der Waals surface area contributed by atoms with Gasteiger partial charge in [0, 0.05) is 17.8 Å². The van der Waals surface area contributed by atoms with E-state index >= 15 is 0 Å². The van der Waals surface area contributed by atoms with Gasteiger partial charge < -0.3 is 14.6 Å². The van der Waals surface area contributed by atoms with Gasteiger partial charge in [0.15, 0.2) is 0 Å². The van der Waals surface area contributed by atoms with Gasteiger partial charge in [-0.3, -0.25) is 0 Å². The minimum Gasteiger partial charge on any atom is -0.515 e. The molecule has 0 saturated carbocycles. The number of aliphatic hydroxyl groups excluding tert-OH is 1. The van der Waals surface area contributed by atoms with E-state index in [0.29, 0.717) is 28.5 Å². The van der Waals surface area contributed by atoms with Crippen molar-refractivity contribution in [3.63, 3.8) is 0 Å². The van der Waals surface area contributed by atoms with Gasteiger partial charge in [0.2, 0.25) is 5.88 Å². The quantitative estimate of drug-likeness (QED) is 0.531. The monoisotopic (exact) mass is 305 g/mol. The molecule has 0 aliphatic rings. The molecule has 1 aromatic heterocycles. The highest BCUT2D eigenvalue weighted by atomic mass is 35.5. The molecule has 2 rings (SSSR count). The summed E-state index contributed by atoms with van der Waals surface area (Å²) in [5.74, 6) is 0.00430. The Hall–Kier alpha value is -2.53. The second-order valence-corrected chi connectivity index (χ2v) is 4.38. The van der Waals surface area contributed by atoms with Crippen molar-refractivity contribution in [2.24, 2.45) is 0 Å². The molecule has 108 valence electrons. The number of aliphatic hydroxyl groups is 1. The van der Waals surface area contributed by atoms with E-state index in [4.69, 9.17) is 16.3 Å². The second-order valence-electron chi connectivity index (χ2n) is 3.95. The molecule has 6 heteroatoms.